The molecular formula is C18H21Br2N. The van der Waals surface area contributed by atoms with E-state index in [1.165, 1.54) is 22.3 Å². The monoisotopic (exact) mass is 409 g/mol. The van der Waals surface area contributed by atoms with E-state index in [9.17, 15) is 0 Å². The lowest BCUT2D eigenvalue weighted by molar-refractivity contribution is 0.594. The molecule has 2 aromatic carbocycles. The van der Waals surface area contributed by atoms with E-state index in [1.807, 2.05) is 0 Å². The van der Waals surface area contributed by atoms with Crippen LogP contribution in [0.25, 0.3) is 0 Å². The van der Waals surface area contributed by atoms with E-state index < -0.39 is 0 Å². The van der Waals surface area contributed by atoms with Gasteiger partial charge in [-0.2, -0.15) is 0 Å². The van der Waals surface area contributed by atoms with Crippen LogP contribution in [0.15, 0.2) is 45.3 Å². The fourth-order valence-corrected chi connectivity index (χ4v) is 3.34. The summed E-state index contributed by atoms with van der Waals surface area (Å²) in [6, 6.07) is 13.2. The van der Waals surface area contributed by atoms with E-state index in [0.29, 0.717) is 0 Å². The van der Waals surface area contributed by atoms with Crippen molar-refractivity contribution in [3.05, 3.63) is 67.6 Å². The van der Waals surface area contributed by atoms with Crippen molar-refractivity contribution < 1.29 is 0 Å². The zero-order valence-corrected chi connectivity index (χ0v) is 15.9. The maximum absolute atomic E-state index is 3.70. The number of rotatable bonds is 5. The van der Waals surface area contributed by atoms with Crippen molar-refractivity contribution in [2.75, 3.05) is 6.54 Å². The van der Waals surface area contributed by atoms with E-state index in [0.717, 1.165) is 21.9 Å². The van der Waals surface area contributed by atoms with Crippen LogP contribution in [-0.2, 0) is 0 Å². The number of aryl methyl sites for hydroxylation is 2. The first-order chi connectivity index (χ1) is 10.0. The average molecular weight is 411 g/mol. The third kappa shape index (κ3) is 4.18. The minimum atomic E-state index is 0.205. The van der Waals surface area contributed by atoms with Crippen molar-refractivity contribution in [1.82, 2.24) is 5.32 Å². The highest BCUT2D eigenvalue weighted by molar-refractivity contribution is 9.11. The van der Waals surface area contributed by atoms with Gasteiger partial charge in [-0.3, -0.25) is 0 Å². The Morgan fingerprint density at radius 1 is 1.00 bits per heavy atom. The van der Waals surface area contributed by atoms with Crippen LogP contribution in [0.4, 0.5) is 0 Å². The molecule has 0 radical (unpaired) electrons. The van der Waals surface area contributed by atoms with E-state index in [4.69, 9.17) is 0 Å². The first-order valence-electron chi connectivity index (χ1n) is 7.28. The third-order valence-electron chi connectivity index (χ3n) is 3.61. The Hall–Kier alpha value is -0.640. The van der Waals surface area contributed by atoms with E-state index in [2.05, 4.69) is 94.3 Å². The van der Waals surface area contributed by atoms with Crippen LogP contribution in [0.2, 0.25) is 0 Å². The second-order valence-corrected chi connectivity index (χ2v) is 7.18. The molecule has 1 unspecified atom stereocenters. The summed E-state index contributed by atoms with van der Waals surface area (Å²) < 4.78 is 2.24. The molecule has 0 saturated carbocycles. The van der Waals surface area contributed by atoms with Crippen LogP contribution in [0.3, 0.4) is 0 Å². The normalized spacial score (nSPS) is 12.4. The zero-order valence-electron chi connectivity index (χ0n) is 12.7. The van der Waals surface area contributed by atoms with Gasteiger partial charge in [0.15, 0.2) is 0 Å². The van der Waals surface area contributed by atoms with Gasteiger partial charge in [0, 0.05) is 8.95 Å². The molecule has 1 N–H and O–H groups in total. The van der Waals surface area contributed by atoms with Gasteiger partial charge in [0.05, 0.1) is 6.04 Å². The Morgan fingerprint density at radius 3 is 2.48 bits per heavy atom. The highest BCUT2D eigenvalue weighted by atomic mass is 79.9. The summed E-state index contributed by atoms with van der Waals surface area (Å²) in [6.45, 7) is 7.52. The van der Waals surface area contributed by atoms with Gasteiger partial charge in [-0.15, -0.1) is 0 Å². The second-order valence-electron chi connectivity index (χ2n) is 5.41. The van der Waals surface area contributed by atoms with Gasteiger partial charge in [-0.25, -0.2) is 0 Å². The molecule has 0 saturated heterocycles. The van der Waals surface area contributed by atoms with Gasteiger partial charge in [-0.05, 0) is 61.7 Å². The largest absolute Gasteiger partial charge is 0.306 e. The van der Waals surface area contributed by atoms with Crippen molar-refractivity contribution in [3.8, 4) is 0 Å². The minimum Gasteiger partial charge on any atom is -0.306 e. The van der Waals surface area contributed by atoms with Crippen LogP contribution >= 0.6 is 31.9 Å². The predicted molar refractivity (Wildman–Crippen MR) is 97.9 cm³/mol. The van der Waals surface area contributed by atoms with E-state index in [1.54, 1.807) is 0 Å². The summed E-state index contributed by atoms with van der Waals surface area (Å²) in [4.78, 5) is 0. The number of hydrogen-bond acceptors (Lipinski definition) is 1. The SMILES string of the molecule is CCCNC(c1cc(C)ccc1C)c1cc(Br)ccc1Br. The Kier molecular flexibility index (Phi) is 6.03. The van der Waals surface area contributed by atoms with Crippen molar-refractivity contribution in [3.63, 3.8) is 0 Å². The Labute approximate surface area is 144 Å². The summed E-state index contributed by atoms with van der Waals surface area (Å²) in [6.07, 6.45) is 1.12. The molecule has 21 heavy (non-hydrogen) atoms. The third-order valence-corrected chi connectivity index (χ3v) is 4.83. The van der Waals surface area contributed by atoms with Crippen molar-refractivity contribution in [2.24, 2.45) is 0 Å². The molecule has 0 heterocycles. The van der Waals surface area contributed by atoms with Crippen LogP contribution in [-0.4, -0.2) is 6.54 Å². The average Bonchev–Trinajstić information content (AvgIpc) is 2.46. The van der Waals surface area contributed by atoms with Crippen molar-refractivity contribution in [1.29, 1.82) is 0 Å². The molecule has 0 spiro atoms. The highest BCUT2D eigenvalue weighted by Gasteiger charge is 2.18. The maximum atomic E-state index is 3.70. The molecule has 112 valence electrons. The molecule has 0 bridgehead atoms. The first-order valence-corrected chi connectivity index (χ1v) is 8.87. The van der Waals surface area contributed by atoms with Crippen LogP contribution in [0.5, 0.6) is 0 Å². The van der Waals surface area contributed by atoms with Crippen LogP contribution in [0.1, 0.15) is 41.6 Å². The summed E-state index contributed by atoms with van der Waals surface area (Å²) in [5.74, 6) is 0. The number of halogens is 2. The Morgan fingerprint density at radius 2 is 1.76 bits per heavy atom. The van der Waals surface area contributed by atoms with Crippen LogP contribution in [0, 0.1) is 13.8 Å². The van der Waals surface area contributed by atoms with Crippen molar-refractivity contribution in [2.45, 2.75) is 33.2 Å². The number of benzene rings is 2. The fraction of sp³-hybridized carbons (Fsp3) is 0.333. The van der Waals surface area contributed by atoms with Gasteiger partial charge >= 0.3 is 0 Å². The molecule has 1 atom stereocenters. The van der Waals surface area contributed by atoms with Gasteiger partial charge in [0.1, 0.15) is 0 Å². The molecule has 0 aliphatic rings. The van der Waals surface area contributed by atoms with E-state index >= 15 is 0 Å². The van der Waals surface area contributed by atoms with Gasteiger partial charge in [0.25, 0.3) is 0 Å². The molecule has 2 rings (SSSR count). The fourth-order valence-electron chi connectivity index (χ4n) is 2.48. The first kappa shape index (κ1) is 16.7. The van der Waals surface area contributed by atoms with Crippen molar-refractivity contribution >= 4 is 31.9 Å². The zero-order chi connectivity index (χ0) is 15.4. The molecule has 0 aliphatic heterocycles. The van der Waals surface area contributed by atoms with Gasteiger partial charge in [0.2, 0.25) is 0 Å². The van der Waals surface area contributed by atoms with Gasteiger partial charge in [-0.1, -0.05) is 62.5 Å². The lowest BCUT2D eigenvalue weighted by atomic mass is 9.93. The highest BCUT2D eigenvalue weighted by Crippen LogP contribution is 2.33. The number of nitrogens with one attached hydrogen (secondary N) is 1. The molecule has 0 aromatic heterocycles. The minimum absolute atomic E-state index is 0.205. The maximum Gasteiger partial charge on any atom is 0.0590 e. The predicted octanol–water partition coefficient (Wildman–Crippen LogP) is 5.92. The molecule has 0 amide bonds. The summed E-state index contributed by atoms with van der Waals surface area (Å²) in [5.41, 5.74) is 5.24. The molecule has 0 fully saturated rings. The number of hydrogen-bond donors (Lipinski definition) is 1. The molecule has 0 aliphatic carbocycles. The molecule has 2 aromatic rings. The quantitative estimate of drug-likeness (QED) is 0.645. The molecular weight excluding hydrogens is 390 g/mol. The lowest BCUT2D eigenvalue weighted by Crippen LogP contribution is -2.24. The van der Waals surface area contributed by atoms with Crippen LogP contribution < -0.4 is 5.32 Å². The van der Waals surface area contributed by atoms with Gasteiger partial charge < -0.3 is 5.32 Å². The summed E-state index contributed by atoms with van der Waals surface area (Å²) in [5, 5.41) is 3.69. The molecule has 3 heteroatoms. The summed E-state index contributed by atoms with van der Waals surface area (Å²) in [7, 11) is 0. The Bertz CT molecular complexity index is 571. The summed E-state index contributed by atoms with van der Waals surface area (Å²) >= 11 is 7.29. The Balaban J connectivity index is 2.52. The second kappa shape index (κ2) is 7.57. The van der Waals surface area contributed by atoms with E-state index in [-0.39, 0.29) is 6.04 Å². The molecule has 1 nitrogen and oxygen atoms in total. The smallest absolute Gasteiger partial charge is 0.0590 e. The standard InChI is InChI=1S/C18H21Br2N/c1-4-9-21-18(15-10-12(2)5-6-13(15)3)16-11-14(19)7-8-17(16)20/h5-8,10-11,18,21H,4,9H2,1-3H3. The lowest BCUT2D eigenvalue weighted by Gasteiger charge is -2.23. The topological polar surface area (TPSA) is 12.0 Å².